The molecular formula is C20H25N5O3. The lowest BCUT2D eigenvalue weighted by Crippen LogP contribution is -2.42. The molecule has 2 N–H and O–H groups in total. The maximum Gasteiger partial charge on any atom is 0.409 e. The Morgan fingerprint density at radius 1 is 1.21 bits per heavy atom. The van der Waals surface area contributed by atoms with Gasteiger partial charge in [0.1, 0.15) is 0 Å². The maximum absolute atomic E-state index is 12.3. The topological polar surface area (TPSA) is 96.5 Å². The van der Waals surface area contributed by atoms with Crippen LogP contribution < -0.4 is 10.6 Å². The molecule has 0 unspecified atom stereocenters. The van der Waals surface area contributed by atoms with Crippen LogP contribution in [0.3, 0.4) is 0 Å². The van der Waals surface area contributed by atoms with Crippen LogP contribution in [-0.4, -0.2) is 52.6 Å². The molecule has 148 valence electrons. The second kappa shape index (κ2) is 9.16. The van der Waals surface area contributed by atoms with Crippen LogP contribution in [0.25, 0.3) is 0 Å². The molecule has 1 fully saturated rings. The third-order valence-electron chi connectivity index (χ3n) is 4.54. The first kappa shape index (κ1) is 19.6. The third-order valence-corrected chi connectivity index (χ3v) is 4.54. The van der Waals surface area contributed by atoms with Crippen LogP contribution >= 0.6 is 0 Å². The van der Waals surface area contributed by atoms with Crippen molar-refractivity contribution >= 4 is 23.6 Å². The summed E-state index contributed by atoms with van der Waals surface area (Å²) in [5.74, 6) is 0.224. The fourth-order valence-corrected chi connectivity index (χ4v) is 3.05. The zero-order chi connectivity index (χ0) is 19.9. The summed E-state index contributed by atoms with van der Waals surface area (Å²) in [6, 6.07) is 7.78. The number of carbonyl (C=O) groups excluding carboxylic acids is 2. The number of rotatable bonds is 5. The standard InChI is InChI=1S/C20H25N5O3/c1-3-28-20(27)25-9-7-16(8-10-25)24-19-21-12-15(13-22-19)18(26)23-17-6-4-5-14(2)11-17/h4-6,11-13,16H,3,7-10H2,1-2H3,(H,23,26)(H,21,22,24). The van der Waals surface area contributed by atoms with E-state index in [1.807, 2.05) is 31.2 Å². The average molecular weight is 383 g/mol. The number of amides is 2. The number of ether oxygens (including phenoxy) is 1. The van der Waals surface area contributed by atoms with E-state index in [0.29, 0.717) is 31.2 Å². The molecule has 8 nitrogen and oxygen atoms in total. The summed E-state index contributed by atoms with van der Waals surface area (Å²) < 4.78 is 5.02. The molecule has 1 aliphatic rings. The fourth-order valence-electron chi connectivity index (χ4n) is 3.05. The van der Waals surface area contributed by atoms with Gasteiger partial charge in [-0.3, -0.25) is 4.79 Å². The minimum atomic E-state index is -0.263. The first-order valence-electron chi connectivity index (χ1n) is 9.43. The summed E-state index contributed by atoms with van der Waals surface area (Å²) in [6.45, 7) is 5.42. The number of hydrogen-bond donors (Lipinski definition) is 2. The number of piperidine rings is 1. The van der Waals surface area contributed by atoms with Crippen LogP contribution in [0.5, 0.6) is 0 Å². The average Bonchev–Trinajstić information content (AvgIpc) is 2.69. The molecule has 0 atom stereocenters. The van der Waals surface area contributed by atoms with Gasteiger partial charge in [0.25, 0.3) is 5.91 Å². The molecular weight excluding hydrogens is 358 g/mol. The van der Waals surface area contributed by atoms with Crippen molar-refractivity contribution < 1.29 is 14.3 Å². The van der Waals surface area contributed by atoms with Crippen molar-refractivity contribution in [3.63, 3.8) is 0 Å². The largest absolute Gasteiger partial charge is 0.450 e. The highest BCUT2D eigenvalue weighted by Gasteiger charge is 2.23. The number of nitrogens with one attached hydrogen (secondary N) is 2. The monoisotopic (exact) mass is 383 g/mol. The van der Waals surface area contributed by atoms with E-state index in [1.54, 1.807) is 11.8 Å². The highest BCUT2D eigenvalue weighted by atomic mass is 16.6. The second-order valence-electron chi connectivity index (χ2n) is 6.72. The lowest BCUT2D eigenvalue weighted by molar-refractivity contribution is 0.0982. The van der Waals surface area contributed by atoms with Crippen molar-refractivity contribution in [1.82, 2.24) is 14.9 Å². The number of anilines is 2. The van der Waals surface area contributed by atoms with Crippen LogP contribution in [-0.2, 0) is 4.74 Å². The minimum absolute atomic E-state index is 0.178. The fraction of sp³-hybridized carbons (Fsp3) is 0.400. The van der Waals surface area contributed by atoms with Gasteiger partial charge < -0.3 is 20.3 Å². The van der Waals surface area contributed by atoms with Crippen LogP contribution in [0.2, 0.25) is 0 Å². The molecule has 1 aliphatic heterocycles. The van der Waals surface area contributed by atoms with E-state index in [9.17, 15) is 9.59 Å². The number of nitrogens with zero attached hydrogens (tertiary/aromatic N) is 3. The zero-order valence-electron chi connectivity index (χ0n) is 16.1. The van der Waals surface area contributed by atoms with E-state index < -0.39 is 0 Å². The van der Waals surface area contributed by atoms with Crippen LogP contribution in [0.1, 0.15) is 35.7 Å². The van der Waals surface area contributed by atoms with E-state index in [-0.39, 0.29) is 18.0 Å². The molecule has 2 amide bonds. The van der Waals surface area contributed by atoms with Gasteiger partial charge in [0.15, 0.2) is 0 Å². The van der Waals surface area contributed by atoms with Crippen molar-refractivity contribution in [3.8, 4) is 0 Å². The Morgan fingerprint density at radius 3 is 2.57 bits per heavy atom. The van der Waals surface area contributed by atoms with Gasteiger partial charge in [0.05, 0.1) is 12.2 Å². The summed E-state index contributed by atoms with van der Waals surface area (Å²) in [4.78, 5) is 34.3. The summed E-state index contributed by atoms with van der Waals surface area (Å²) in [6.07, 6.45) is 4.33. The van der Waals surface area contributed by atoms with E-state index in [2.05, 4.69) is 20.6 Å². The van der Waals surface area contributed by atoms with Gasteiger partial charge in [-0.2, -0.15) is 0 Å². The summed E-state index contributed by atoms with van der Waals surface area (Å²) in [5, 5.41) is 6.10. The van der Waals surface area contributed by atoms with Crippen molar-refractivity contribution in [1.29, 1.82) is 0 Å². The Hall–Kier alpha value is -3.16. The Bertz CT molecular complexity index is 817. The van der Waals surface area contributed by atoms with Crippen molar-refractivity contribution in [2.45, 2.75) is 32.7 Å². The number of hydrogen-bond acceptors (Lipinski definition) is 6. The van der Waals surface area contributed by atoms with E-state index in [1.165, 1.54) is 12.4 Å². The van der Waals surface area contributed by atoms with Crippen LogP contribution in [0.4, 0.5) is 16.4 Å². The first-order chi connectivity index (χ1) is 13.5. The van der Waals surface area contributed by atoms with Gasteiger partial charge in [0, 0.05) is 37.2 Å². The Labute approximate surface area is 164 Å². The molecule has 1 aromatic carbocycles. The Balaban J connectivity index is 1.51. The molecule has 8 heteroatoms. The second-order valence-corrected chi connectivity index (χ2v) is 6.72. The van der Waals surface area contributed by atoms with Crippen LogP contribution in [0, 0.1) is 6.92 Å². The Kier molecular flexibility index (Phi) is 6.41. The van der Waals surface area contributed by atoms with Gasteiger partial charge in [-0.25, -0.2) is 14.8 Å². The quantitative estimate of drug-likeness (QED) is 0.824. The molecule has 2 aromatic rings. The molecule has 28 heavy (non-hydrogen) atoms. The third kappa shape index (κ3) is 5.18. The van der Waals surface area contributed by atoms with Crippen molar-refractivity contribution in [2.75, 3.05) is 30.3 Å². The predicted octanol–water partition coefficient (Wildman–Crippen LogP) is 3.07. The maximum atomic E-state index is 12.3. The van der Waals surface area contributed by atoms with E-state index >= 15 is 0 Å². The van der Waals surface area contributed by atoms with Gasteiger partial charge in [-0.05, 0) is 44.4 Å². The molecule has 0 bridgehead atoms. The van der Waals surface area contributed by atoms with Crippen molar-refractivity contribution in [2.24, 2.45) is 0 Å². The number of aromatic nitrogens is 2. The number of carbonyl (C=O) groups is 2. The molecule has 0 saturated carbocycles. The summed E-state index contributed by atoms with van der Waals surface area (Å²) >= 11 is 0. The smallest absolute Gasteiger partial charge is 0.409 e. The molecule has 0 spiro atoms. The number of benzene rings is 1. The first-order valence-corrected chi connectivity index (χ1v) is 9.43. The molecule has 1 aromatic heterocycles. The lowest BCUT2D eigenvalue weighted by Gasteiger charge is -2.31. The van der Waals surface area contributed by atoms with Gasteiger partial charge >= 0.3 is 6.09 Å². The lowest BCUT2D eigenvalue weighted by atomic mass is 10.1. The summed E-state index contributed by atoms with van der Waals surface area (Å²) in [7, 11) is 0. The van der Waals surface area contributed by atoms with Gasteiger partial charge in [-0.1, -0.05) is 12.1 Å². The molecule has 0 aliphatic carbocycles. The van der Waals surface area contributed by atoms with Crippen molar-refractivity contribution in [3.05, 3.63) is 47.8 Å². The highest BCUT2D eigenvalue weighted by Crippen LogP contribution is 2.16. The molecule has 1 saturated heterocycles. The van der Waals surface area contributed by atoms with Crippen LogP contribution in [0.15, 0.2) is 36.7 Å². The van der Waals surface area contributed by atoms with Gasteiger partial charge in [-0.15, -0.1) is 0 Å². The summed E-state index contributed by atoms with van der Waals surface area (Å²) in [5.41, 5.74) is 2.20. The Morgan fingerprint density at radius 2 is 1.93 bits per heavy atom. The highest BCUT2D eigenvalue weighted by molar-refractivity contribution is 6.03. The molecule has 2 heterocycles. The normalized spacial score (nSPS) is 14.4. The molecule has 0 radical (unpaired) electrons. The van der Waals surface area contributed by atoms with E-state index in [0.717, 1.165) is 24.1 Å². The zero-order valence-corrected chi connectivity index (χ0v) is 16.1. The number of aryl methyl sites for hydroxylation is 1. The number of likely N-dealkylation sites (tertiary alicyclic amines) is 1. The SMILES string of the molecule is CCOC(=O)N1CCC(Nc2ncc(C(=O)Nc3cccc(C)c3)cn2)CC1. The minimum Gasteiger partial charge on any atom is -0.450 e. The molecule has 3 rings (SSSR count). The predicted molar refractivity (Wildman–Crippen MR) is 106 cm³/mol. The van der Waals surface area contributed by atoms with E-state index in [4.69, 9.17) is 4.74 Å². The van der Waals surface area contributed by atoms with Gasteiger partial charge in [0.2, 0.25) is 5.95 Å².